The minimum absolute atomic E-state index is 0.106. The van der Waals surface area contributed by atoms with Crippen molar-refractivity contribution in [1.29, 1.82) is 10.5 Å². The summed E-state index contributed by atoms with van der Waals surface area (Å²) in [5.74, 6) is 2.15. The van der Waals surface area contributed by atoms with E-state index in [0.29, 0.717) is 25.7 Å². The number of imidazole rings is 2. The molecule has 0 aromatic carbocycles. The zero-order valence-electron chi connectivity index (χ0n) is 25.9. The summed E-state index contributed by atoms with van der Waals surface area (Å²) in [6.45, 7) is 4.04. The van der Waals surface area contributed by atoms with Crippen LogP contribution in [0.2, 0.25) is 0 Å². The largest absolute Gasteiger partial charge is 0.393 e. The summed E-state index contributed by atoms with van der Waals surface area (Å²) in [6, 6.07) is 8.92. The van der Waals surface area contributed by atoms with Gasteiger partial charge in [0, 0.05) is 24.9 Å². The van der Waals surface area contributed by atoms with Gasteiger partial charge in [-0.3, -0.25) is 9.97 Å². The first-order chi connectivity index (χ1) is 22.4. The molecule has 2 fully saturated rings. The quantitative estimate of drug-likeness (QED) is 0.204. The van der Waals surface area contributed by atoms with E-state index < -0.39 is 12.2 Å². The van der Waals surface area contributed by atoms with Crippen molar-refractivity contribution >= 4 is 65.2 Å². The molecule has 6 heterocycles. The molecular formula is C34H36N8O2S2. The lowest BCUT2D eigenvalue weighted by atomic mass is 9.82. The van der Waals surface area contributed by atoms with E-state index in [1.54, 1.807) is 22.7 Å². The van der Waals surface area contributed by atoms with E-state index in [2.05, 4.69) is 52.0 Å². The molecule has 8 rings (SSSR count). The van der Waals surface area contributed by atoms with E-state index >= 15 is 0 Å². The van der Waals surface area contributed by atoms with Gasteiger partial charge in [0.25, 0.3) is 0 Å². The number of aliphatic hydroxyl groups excluding tert-OH is 2. The first kappa shape index (κ1) is 30.7. The van der Waals surface area contributed by atoms with Gasteiger partial charge in [-0.2, -0.15) is 10.5 Å². The number of aliphatic hydroxyl groups is 2. The van der Waals surface area contributed by atoms with Crippen molar-refractivity contribution in [1.82, 2.24) is 29.1 Å². The Morgan fingerprint density at radius 2 is 1.15 bits per heavy atom. The number of aromatic nitrogens is 6. The molecule has 0 bridgehead atoms. The Balaban J connectivity index is 0.000000147. The molecule has 6 aromatic rings. The molecule has 0 unspecified atom stereocenters. The van der Waals surface area contributed by atoms with Crippen LogP contribution in [0.3, 0.4) is 0 Å². The van der Waals surface area contributed by atoms with Crippen LogP contribution in [-0.2, 0) is 0 Å². The van der Waals surface area contributed by atoms with E-state index in [4.69, 9.17) is 10.5 Å². The second kappa shape index (κ2) is 12.7. The summed E-state index contributed by atoms with van der Waals surface area (Å²) >= 11 is 3.38. The maximum absolute atomic E-state index is 10.4. The monoisotopic (exact) mass is 652 g/mol. The number of nitrogens with zero attached hydrogens (tertiary/aromatic N) is 8. The van der Waals surface area contributed by atoms with Crippen LogP contribution in [0.4, 0.5) is 0 Å². The van der Waals surface area contributed by atoms with Crippen molar-refractivity contribution in [3.05, 3.63) is 46.9 Å². The van der Waals surface area contributed by atoms with E-state index in [1.807, 2.05) is 38.4 Å². The molecule has 2 N–H and O–H groups in total. The topological polar surface area (TPSA) is 149 Å². The highest BCUT2D eigenvalue weighted by Crippen LogP contribution is 2.40. The van der Waals surface area contributed by atoms with Gasteiger partial charge in [0.05, 0.1) is 68.2 Å². The first-order valence-electron chi connectivity index (χ1n) is 15.9. The van der Waals surface area contributed by atoms with E-state index in [1.165, 1.54) is 0 Å². The highest BCUT2D eigenvalue weighted by Gasteiger charge is 2.33. The van der Waals surface area contributed by atoms with E-state index in [9.17, 15) is 10.2 Å². The first-order valence-corrected chi connectivity index (χ1v) is 17.6. The molecule has 6 atom stereocenters. The molecule has 2 aliphatic carbocycles. The molecule has 2 saturated carbocycles. The van der Waals surface area contributed by atoms with Gasteiger partial charge in [-0.25, -0.2) is 9.97 Å². The number of aryl methyl sites for hydroxylation is 2. The minimum Gasteiger partial charge on any atom is -0.393 e. The van der Waals surface area contributed by atoms with Gasteiger partial charge in [-0.1, -0.05) is 0 Å². The Morgan fingerprint density at radius 3 is 1.54 bits per heavy atom. The van der Waals surface area contributed by atoms with Crippen molar-refractivity contribution < 1.29 is 10.2 Å². The smallest absolute Gasteiger partial charge is 0.109 e. The normalized spacial score (nSPS) is 25.0. The number of nitriles is 2. The molecule has 46 heavy (non-hydrogen) atoms. The van der Waals surface area contributed by atoms with Crippen molar-refractivity contribution in [3.63, 3.8) is 0 Å². The maximum Gasteiger partial charge on any atom is 0.109 e. The van der Waals surface area contributed by atoms with Gasteiger partial charge in [0.15, 0.2) is 0 Å². The standard InChI is InChI=1S/2C17H18N4OS/c2*1-10-20-14-9-19-13-5-7-23-17(13)16(14)21(10)12-3-2-11(4-6-18)15(22)8-12/h2*5,7,9,11-12,15,22H,2-4,8H2,1H3/t11-,12+,15+;11-,12+,15-/m01/s1. The van der Waals surface area contributed by atoms with Crippen molar-refractivity contribution in [2.45, 2.75) is 89.5 Å². The molecule has 2 aliphatic rings. The van der Waals surface area contributed by atoms with Gasteiger partial charge < -0.3 is 19.3 Å². The number of pyridine rings is 2. The van der Waals surface area contributed by atoms with Gasteiger partial charge in [0.2, 0.25) is 0 Å². The SMILES string of the molecule is Cc1nc2cnc3ccsc3c2n1[C@@H]1CC[C@@H](CC#N)[C@H](O)C1.Cc1nc2cnc3ccsc3c2n1[C@H]1CC[C@H](CC#N)[C@H](O)C1. The Labute approximate surface area is 274 Å². The Hall–Kier alpha value is -3.94. The van der Waals surface area contributed by atoms with Crippen LogP contribution >= 0.6 is 22.7 Å². The zero-order valence-corrected chi connectivity index (χ0v) is 27.5. The Morgan fingerprint density at radius 1 is 0.717 bits per heavy atom. The Bertz CT molecular complexity index is 1960. The third-order valence-electron chi connectivity index (χ3n) is 9.89. The summed E-state index contributed by atoms with van der Waals surface area (Å²) < 4.78 is 6.89. The molecule has 0 radical (unpaired) electrons. The third-order valence-corrected chi connectivity index (χ3v) is 11.7. The molecule has 0 amide bonds. The van der Waals surface area contributed by atoms with Crippen molar-refractivity contribution in [2.24, 2.45) is 11.8 Å². The maximum atomic E-state index is 10.4. The summed E-state index contributed by atoms with van der Waals surface area (Å²) in [5, 5.41) is 42.7. The minimum atomic E-state index is -0.411. The number of hydrogen-bond donors (Lipinski definition) is 2. The number of rotatable bonds is 4. The van der Waals surface area contributed by atoms with Crippen LogP contribution in [0.1, 0.15) is 75.1 Å². The van der Waals surface area contributed by atoms with Gasteiger partial charge in [0.1, 0.15) is 22.7 Å². The summed E-state index contributed by atoms with van der Waals surface area (Å²) in [7, 11) is 0. The summed E-state index contributed by atoms with van der Waals surface area (Å²) in [5.41, 5.74) is 6.12. The average molecular weight is 653 g/mol. The van der Waals surface area contributed by atoms with Crippen LogP contribution < -0.4 is 0 Å². The molecule has 6 aromatic heterocycles. The van der Waals surface area contributed by atoms with E-state index in [0.717, 1.165) is 79.8 Å². The van der Waals surface area contributed by atoms with Gasteiger partial charge >= 0.3 is 0 Å². The molecule has 0 aliphatic heterocycles. The fraction of sp³-hybridized carbons (Fsp3) is 0.471. The number of fused-ring (bicyclic) bond motifs is 6. The molecular weight excluding hydrogens is 617 g/mol. The average Bonchev–Trinajstić information content (AvgIpc) is 3.83. The lowest BCUT2D eigenvalue weighted by molar-refractivity contribution is 0.0499. The third kappa shape index (κ3) is 5.43. The second-order valence-electron chi connectivity index (χ2n) is 12.6. The second-order valence-corrected chi connectivity index (χ2v) is 14.5. The number of hydrogen-bond acceptors (Lipinski definition) is 10. The molecule has 10 nitrogen and oxygen atoms in total. The molecule has 236 valence electrons. The van der Waals surface area contributed by atoms with Crippen LogP contribution in [0, 0.1) is 48.3 Å². The van der Waals surface area contributed by atoms with Gasteiger partial charge in [-0.05, 0) is 87.1 Å². The number of thiophene rings is 2. The highest BCUT2D eigenvalue weighted by molar-refractivity contribution is 7.18. The lowest BCUT2D eigenvalue weighted by Gasteiger charge is -2.33. The van der Waals surface area contributed by atoms with Crippen LogP contribution in [0.15, 0.2) is 35.3 Å². The predicted octanol–water partition coefficient (Wildman–Crippen LogP) is 7.14. The highest BCUT2D eigenvalue weighted by atomic mass is 32.1. The fourth-order valence-corrected chi connectivity index (χ4v) is 9.42. The predicted molar refractivity (Wildman–Crippen MR) is 181 cm³/mol. The van der Waals surface area contributed by atoms with E-state index in [-0.39, 0.29) is 23.9 Å². The van der Waals surface area contributed by atoms with Crippen molar-refractivity contribution in [2.75, 3.05) is 0 Å². The molecule has 0 spiro atoms. The van der Waals surface area contributed by atoms with Crippen LogP contribution in [0.5, 0.6) is 0 Å². The van der Waals surface area contributed by atoms with Gasteiger partial charge in [-0.15, -0.1) is 22.7 Å². The van der Waals surface area contributed by atoms with Crippen LogP contribution in [-0.4, -0.2) is 51.5 Å². The zero-order chi connectivity index (χ0) is 31.9. The fourth-order valence-electron chi connectivity index (χ4n) is 7.64. The lowest BCUT2D eigenvalue weighted by Crippen LogP contribution is -2.31. The Kier molecular flexibility index (Phi) is 8.47. The van der Waals surface area contributed by atoms with Crippen LogP contribution in [0.25, 0.3) is 42.5 Å². The molecule has 12 heteroatoms. The van der Waals surface area contributed by atoms with Crippen molar-refractivity contribution in [3.8, 4) is 12.1 Å². The molecule has 0 saturated heterocycles. The summed E-state index contributed by atoms with van der Waals surface area (Å²) in [4.78, 5) is 18.3. The summed E-state index contributed by atoms with van der Waals surface area (Å²) in [6.07, 6.45) is 8.84.